The number of carbonyl (C=O) groups excluding carboxylic acids is 1. The minimum atomic E-state index is -0.401. The number of amides is 1. The summed E-state index contributed by atoms with van der Waals surface area (Å²) in [5.41, 5.74) is 3.56. The third-order valence-electron chi connectivity index (χ3n) is 5.31. The molecule has 7 nitrogen and oxygen atoms in total. The Hall–Kier alpha value is -3.49. The van der Waals surface area contributed by atoms with Gasteiger partial charge in [-0.2, -0.15) is 0 Å². The van der Waals surface area contributed by atoms with Gasteiger partial charge < -0.3 is 15.4 Å². The Kier molecular flexibility index (Phi) is 7.94. The van der Waals surface area contributed by atoms with Crippen LogP contribution in [0.3, 0.4) is 0 Å². The van der Waals surface area contributed by atoms with Gasteiger partial charge in [0.1, 0.15) is 5.75 Å². The van der Waals surface area contributed by atoms with Crippen LogP contribution < -0.4 is 15.4 Å². The highest BCUT2D eigenvalue weighted by atomic mass is 35.5. The van der Waals surface area contributed by atoms with Crippen molar-refractivity contribution in [1.29, 1.82) is 0 Å². The highest BCUT2D eigenvalue weighted by Crippen LogP contribution is 2.28. The lowest BCUT2D eigenvalue weighted by atomic mass is 10.2. The van der Waals surface area contributed by atoms with Gasteiger partial charge in [-0.15, -0.1) is 10.2 Å². The molecule has 4 rings (SSSR count). The third-order valence-corrected chi connectivity index (χ3v) is 6.68. The molecule has 180 valence electrons. The first-order valence-electron chi connectivity index (χ1n) is 11.1. The monoisotopic (exact) mass is 507 g/mol. The van der Waals surface area contributed by atoms with Crippen LogP contribution in [0.2, 0.25) is 5.02 Å². The van der Waals surface area contributed by atoms with Crippen LogP contribution in [-0.2, 0) is 11.3 Å². The molecule has 1 aromatic heterocycles. The minimum Gasteiger partial charge on any atom is -0.497 e. The molecule has 1 heterocycles. The zero-order valence-corrected chi connectivity index (χ0v) is 21.2. The lowest BCUT2D eigenvalue weighted by Crippen LogP contribution is -2.23. The van der Waals surface area contributed by atoms with Crippen molar-refractivity contribution in [2.45, 2.75) is 30.8 Å². The molecule has 0 fully saturated rings. The van der Waals surface area contributed by atoms with Gasteiger partial charge in [0.15, 0.2) is 11.0 Å². The molecule has 1 atom stereocenters. The second kappa shape index (κ2) is 11.3. The fourth-order valence-corrected chi connectivity index (χ4v) is 4.44. The van der Waals surface area contributed by atoms with E-state index in [2.05, 4.69) is 20.8 Å². The van der Waals surface area contributed by atoms with Crippen molar-refractivity contribution in [2.24, 2.45) is 0 Å². The van der Waals surface area contributed by atoms with Crippen molar-refractivity contribution in [1.82, 2.24) is 14.8 Å². The molecule has 0 aliphatic rings. The molecule has 2 N–H and O–H groups in total. The molecule has 0 bridgehead atoms. The number of carbonyl (C=O) groups is 1. The number of benzene rings is 3. The number of hydrogen-bond acceptors (Lipinski definition) is 6. The minimum absolute atomic E-state index is 0.112. The molecule has 3 aromatic carbocycles. The molecule has 0 aliphatic heterocycles. The molecule has 1 unspecified atom stereocenters. The van der Waals surface area contributed by atoms with Crippen molar-refractivity contribution in [3.8, 4) is 11.4 Å². The van der Waals surface area contributed by atoms with Crippen LogP contribution in [0.25, 0.3) is 5.69 Å². The summed E-state index contributed by atoms with van der Waals surface area (Å²) < 4.78 is 7.23. The number of para-hydroxylation sites is 1. The maximum absolute atomic E-state index is 12.9. The Morgan fingerprint density at radius 1 is 1.06 bits per heavy atom. The van der Waals surface area contributed by atoms with E-state index in [4.69, 9.17) is 16.3 Å². The van der Waals surface area contributed by atoms with Gasteiger partial charge in [0, 0.05) is 11.4 Å². The van der Waals surface area contributed by atoms with Crippen LogP contribution in [0.5, 0.6) is 5.75 Å². The molecule has 0 saturated heterocycles. The normalized spacial score (nSPS) is 11.7. The molecular weight excluding hydrogens is 482 g/mol. The summed E-state index contributed by atoms with van der Waals surface area (Å²) in [5, 5.41) is 15.9. The van der Waals surface area contributed by atoms with Gasteiger partial charge in [0.25, 0.3) is 0 Å². The maximum atomic E-state index is 12.9. The highest BCUT2D eigenvalue weighted by Gasteiger charge is 2.21. The first kappa shape index (κ1) is 24.6. The van der Waals surface area contributed by atoms with Gasteiger partial charge in [-0.1, -0.05) is 53.2 Å². The lowest BCUT2D eigenvalue weighted by molar-refractivity contribution is -0.115. The predicted molar refractivity (Wildman–Crippen MR) is 142 cm³/mol. The number of thioether (sulfide) groups is 1. The summed E-state index contributed by atoms with van der Waals surface area (Å²) in [6.07, 6.45) is 0. The van der Waals surface area contributed by atoms with Crippen molar-refractivity contribution in [2.75, 3.05) is 17.7 Å². The van der Waals surface area contributed by atoms with Gasteiger partial charge in [-0.05, 0) is 62.4 Å². The number of rotatable bonds is 9. The smallest absolute Gasteiger partial charge is 0.237 e. The number of nitrogens with one attached hydrogen (secondary N) is 2. The van der Waals surface area contributed by atoms with Crippen molar-refractivity contribution < 1.29 is 9.53 Å². The van der Waals surface area contributed by atoms with E-state index >= 15 is 0 Å². The quantitative estimate of drug-likeness (QED) is 0.272. The summed E-state index contributed by atoms with van der Waals surface area (Å²) in [5.74, 6) is 1.32. The van der Waals surface area contributed by atoms with Gasteiger partial charge >= 0.3 is 0 Å². The Bertz CT molecular complexity index is 1290. The summed E-state index contributed by atoms with van der Waals surface area (Å²) in [6.45, 7) is 4.25. The van der Waals surface area contributed by atoms with Crippen molar-refractivity contribution in [3.05, 3.63) is 89.2 Å². The molecule has 1 amide bonds. The first-order chi connectivity index (χ1) is 16.9. The zero-order chi connectivity index (χ0) is 24.8. The second-order valence-electron chi connectivity index (χ2n) is 7.88. The molecule has 9 heteroatoms. The third kappa shape index (κ3) is 6.15. The molecule has 0 aliphatic carbocycles. The molecule has 0 saturated carbocycles. The Labute approximate surface area is 213 Å². The van der Waals surface area contributed by atoms with E-state index in [1.54, 1.807) is 7.11 Å². The topological polar surface area (TPSA) is 81.1 Å². The molecule has 4 aromatic rings. The number of halogens is 1. The summed E-state index contributed by atoms with van der Waals surface area (Å²) >= 11 is 7.64. The van der Waals surface area contributed by atoms with E-state index in [-0.39, 0.29) is 5.91 Å². The van der Waals surface area contributed by atoms with Gasteiger partial charge in [0.2, 0.25) is 5.91 Å². The van der Waals surface area contributed by atoms with Crippen LogP contribution >= 0.6 is 23.4 Å². The number of nitrogens with zero attached hydrogens (tertiary/aromatic N) is 3. The van der Waals surface area contributed by atoms with Gasteiger partial charge in [0.05, 0.1) is 29.6 Å². The largest absolute Gasteiger partial charge is 0.497 e. The van der Waals surface area contributed by atoms with Gasteiger partial charge in [-0.25, -0.2) is 0 Å². The molecule has 0 radical (unpaired) electrons. The van der Waals surface area contributed by atoms with E-state index in [1.807, 2.05) is 91.2 Å². The number of ether oxygens (including phenoxy) is 1. The van der Waals surface area contributed by atoms with E-state index in [9.17, 15) is 4.79 Å². The van der Waals surface area contributed by atoms with Crippen LogP contribution in [0.1, 0.15) is 18.3 Å². The number of anilines is 2. The van der Waals surface area contributed by atoms with Crippen LogP contribution in [0.4, 0.5) is 11.4 Å². The highest BCUT2D eigenvalue weighted by molar-refractivity contribution is 8.00. The molecular formula is C26H26ClN5O2S. The fraction of sp³-hybridized carbons (Fsp3) is 0.192. The summed E-state index contributed by atoms with van der Waals surface area (Å²) in [7, 11) is 1.63. The Morgan fingerprint density at radius 2 is 1.77 bits per heavy atom. The molecule has 0 spiro atoms. The van der Waals surface area contributed by atoms with E-state index in [0.29, 0.717) is 22.5 Å². The average molecular weight is 508 g/mol. The second-order valence-corrected chi connectivity index (χ2v) is 9.60. The van der Waals surface area contributed by atoms with Crippen LogP contribution in [0.15, 0.2) is 78.0 Å². The van der Waals surface area contributed by atoms with E-state index in [1.165, 1.54) is 11.8 Å². The Balaban J connectivity index is 1.57. The number of methoxy groups -OCH3 is 1. The van der Waals surface area contributed by atoms with E-state index in [0.717, 1.165) is 28.4 Å². The maximum Gasteiger partial charge on any atom is 0.237 e. The SMILES string of the molecule is COc1ccc(-n2c(CNc3ccccc3Cl)nnc2SC(C)C(=O)Nc2ccc(C)cc2)cc1. The summed E-state index contributed by atoms with van der Waals surface area (Å²) in [6, 6.07) is 22.9. The standard InChI is InChI=1S/C26H26ClN5O2S/c1-17-8-10-19(11-9-17)29-25(33)18(2)35-26-31-30-24(16-28-23-7-5-4-6-22(23)27)32(26)20-12-14-21(34-3)15-13-20/h4-15,18,28H,16H2,1-3H3,(H,29,33). The Morgan fingerprint density at radius 3 is 2.46 bits per heavy atom. The summed E-state index contributed by atoms with van der Waals surface area (Å²) in [4.78, 5) is 12.9. The lowest BCUT2D eigenvalue weighted by Gasteiger charge is -2.15. The van der Waals surface area contributed by atoms with Gasteiger partial charge in [-0.3, -0.25) is 9.36 Å². The van der Waals surface area contributed by atoms with Crippen molar-refractivity contribution >= 4 is 40.6 Å². The van der Waals surface area contributed by atoms with Crippen molar-refractivity contribution in [3.63, 3.8) is 0 Å². The molecule has 35 heavy (non-hydrogen) atoms. The predicted octanol–water partition coefficient (Wildman–Crippen LogP) is 5.97. The van der Waals surface area contributed by atoms with Crippen LogP contribution in [0, 0.1) is 6.92 Å². The van der Waals surface area contributed by atoms with Crippen LogP contribution in [-0.4, -0.2) is 33.0 Å². The number of hydrogen-bond donors (Lipinski definition) is 2. The number of aryl methyl sites for hydroxylation is 1. The van der Waals surface area contributed by atoms with E-state index < -0.39 is 5.25 Å². The first-order valence-corrected chi connectivity index (χ1v) is 12.3. The fourth-order valence-electron chi connectivity index (χ4n) is 3.35. The number of aromatic nitrogens is 3. The average Bonchev–Trinajstić information content (AvgIpc) is 3.27. The zero-order valence-electron chi connectivity index (χ0n) is 19.7.